The van der Waals surface area contributed by atoms with E-state index in [1.807, 2.05) is 52.8 Å². The van der Waals surface area contributed by atoms with Crippen molar-refractivity contribution in [3.05, 3.63) is 89.5 Å². The highest BCUT2D eigenvalue weighted by atomic mass is 32.2. The van der Waals surface area contributed by atoms with Gasteiger partial charge in [0.05, 0.1) is 17.7 Å². The number of carbonyl (C=O) groups is 2. The van der Waals surface area contributed by atoms with Crippen LogP contribution in [0, 0.1) is 13.8 Å². The van der Waals surface area contributed by atoms with Crippen LogP contribution in [-0.4, -0.2) is 50.9 Å². The number of aryl methyl sites for hydroxylation is 2. The first-order valence-electron chi connectivity index (χ1n) is 13.9. The van der Waals surface area contributed by atoms with Gasteiger partial charge in [-0.05, 0) is 86.7 Å². The molecule has 0 fully saturated rings. The Bertz CT molecular complexity index is 1410. The Labute approximate surface area is 244 Å². The molecule has 1 N–H and O–H groups in total. The van der Waals surface area contributed by atoms with Crippen LogP contribution >= 0.6 is 0 Å². The number of rotatable bonds is 13. The van der Waals surface area contributed by atoms with Gasteiger partial charge in [-0.2, -0.15) is 0 Å². The summed E-state index contributed by atoms with van der Waals surface area (Å²) in [5, 5.41) is 2.99. The Hall–Kier alpha value is -3.85. The highest BCUT2D eigenvalue weighted by molar-refractivity contribution is 7.92. The minimum absolute atomic E-state index is 0.0697. The van der Waals surface area contributed by atoms with Gasteiger partial charge in [0, 0.05) is 12.6 Å². The molecule has 0 saturated heterocycles. The molecule has 0 saturated carbocycles. The third-order valence-corrected chi connectivity index (χ3v) is 8.79. The van der Waals surface area contributed by atoms with Crippen LogP contribution in [0.15, 0.2) is 77.7 Å². The summed E-state index contributed by atoms with van der Waals surface area (Å²) < 4.78 is 34.3. The Morgan fingerprint density at radius 3 is 2.05 bits per heavy atom. The molecule has 0 radical (unpaired) electrons. The molecule has 0 aliphatic rings. The quantitative estimate of drug-likeness (QED) is 0.299. The number of methoxy groups -OCH3 is 1. The van der Waals surface area contributed by atoms with Crippen LogP contribution in [0.1, 0.15) is 50.3 Å². The van der Waals surface area contributed by atoms with Gasteiger partial charge >= 0.3 is 0 Å². The summed E-state index contributed by atoms with van der Waals surface area (Å²) in [7, 11) is -2.53. The number of hydrogen-bond acceptors (Lipinski definition) is 5. The summed E-state index contributed by atoms with van der Waals surface area (Å²) in [5.41, 5.74) is 2.92. The van der Waals surface area contributed by atoms with E-state index in [0.29, 0.717) is 17.9 Å². The summed E-state index contributed by atoms with van der Waals surface area (Å²) in [6, 6.07) is 19.9. The van der Waals surface area contributed by atoms with Crippen LogP contribution in [-0.2, 0) is 26.2 Å². The second-order valence-electron chi connectivity index (χ2n) is 10.3. The van der Waals surface area contributed by atoms with Gasteiger partial charge in [-0.1, -0.05) is 50.2 Å². The van der Waals surface area contributed by atoms with Crippen molar-refractivity contribution in [2.45, 2.75) is 71.0 Å². The molecule has 41 heavy (non-hydrogen) atoms. The number of nitrogens with zero attached hydrogens (tertiary/aromatic N) is 2. The Balaban J connectivity index is 2.07. The molecule has 0 heterocycles. The summed E-state index contributed by atoms with van der Waals surface area (Å²) in [5.74, 6) is -0.0821. The molecule has 0 bridgehead atoms. The van der Waals surface area contributed by atoms with Crippen molar-refractivity contribution >= 4 is 27.5 Å². The fourth-order valence-corrected chi connectivity index (χ4v) is 6.05. The van der Waals surface area contributed by atoms with Crippen molar-refractivity contribution in [1.29, 1.82) is 0 Å². The first kappa shape index (κ1) is 31.7. The molecule has 0 aromatic heterocycles. The van der Waals surface area contributed by atoms with Crippen molar-refractivity contribution < 1.29 is 22.7 Å². The zero-order valence-corrected chi connectivity index (χ0v) is 25.6. The minimum atomic E-state index is -4.10. The minimum Gasteiger partial charge on any atom is -0.497 e. The molecule has 3 rings (SSSR count). The number of ether oxygens (including phenoxy) is 1. The molecule has 3 aromatic rings. The summed E-state index contributed by atoms with van der Waals surface area (Å²) in [6.45, 7) is 9.15. The number of benzene rings is 3. The number of carbonyl (C=O) groups excluding carboxylic acids is 2. The molecule has 8 nitrogen and oxygen atoms in total. The Morgan fingerprint density at radius 2 is 1.51 bits per heavy atom. The SMILES string of the molecule is CC[C@@H](C)NC(=O)[C@@H](CC)N(Cc1ccc(OC)cc1)C(=O)CN(c1cc(C)cc(C)c1)S(=O)(=O)c1ccccc1. The average Bonchev–Trinajstić information content (AvgIpc) is 2.95. The van der Waals surface area contributed by atoms with Crippen molar-refractivity contribution in [3.63, 3.8) is 0 Å². The first-order chi connectivity index (χ1) is 19.5. The van der Waals surface area contributed by atoms with E-state index in [2.05, 4.69) is 5.32 Å². The van der Waals surface area contributed by atoms with Gasteiger partial charge in [0.25, 0.3) is 10.0 Å². The predicted molar refractivity (Wildman–Crippen MR) is 162 cm³/mol. The molecular formula is C32H41N3O5S. The molecule has 2 amide bonds. The summed E-state index contributed by atoms with van der Waals surface area (Å²) >= 11 is 0. The lowest BCUT2D eigenvalue weighted by Gasteiger charge is -2.34. The van der Waals surface area contributed by atoms with Gasteiger partial charge in [-0.3, -0.25) is 13.9 Å². The number of anilines is 1. The summed E-state index contributed by atoms with van der Waals surface area (Å²) in [4.78, 5) is 29.1. The van der Waals surface area contributed by atoms with E-state index in [-0.39, 0.29) is 23.4 Å². The second kappa shape index (κ2) is 14.2. The normalized spacial score (nSPS) is 12.7. The Morgan fingerprint density at radius 1 is 0.902 bits per heavy atom. The smallest absolute Gasteiger partial charge is 0.264 e. The molecule has 0 aliphatic carbocycles. The van der Waals surface area contributed by atoms with Crippen LogP contribution in [0.25, 0.3) is 0 Å². The van der Waals surface area contributed by atoms with Gasteiger partial charge in [-0.25, -0.2) is 8.42 Å². The third kappa shape index (κ3) is 8.10. The lowest BCUT2D eigenvalue weighted by atomic mass is 10.1. The molecule has 2 atom stereocenters. The van der Waals surface area contributed by atoms with Crippen LogP contribution in [0.5, 0.6) is 5.75 Å². The maximum Gasteiger partial charge on any atom is 0.264 e. The molecular weight excluding hydrogens is 538 g/mol. The number of amides is 2. The van der Waals surface area contributed by atoms with Gasteiger partial charge in [-0.15, -0.1) is 0 Å². The molecule has 0 aliphatic heterocycles. The van der Waals surface area contributed by atoms with Crippen LogP contribution in [0.3, 0.4) is 0 Å². The van der Waals surface area contributed by atoms with E-state index in [0.717, 1.165) is 27.4 Å². The number of hydrogen-bond donors (Lipinski definition) is 1. The van der Waals surface area contributed by atoms with E-state index >= 15 is 0 Å². The van der Waals surface area contributed by atoms with Crippen LogP contribution in [0.2, 0.25) is 0 Å². The van der Waals surface area contributed by atoms with Gasteiger partial charge in [0.2, 0.25) is 11.8 Å². The predicted octanol–water partition coefficient (Wildman–Crippen LogP) is 5.23. The van der Waals surface area contributed by atoms with E-state index in [9.17, 15) is 18.0 Å². The molecule has 9 heteroatoms. The van der Waals surface area contributed by atoms with Gasteiger partial charge < -0.3 is 15.0 Å². The largest absolute Gasteiger partial charge is 0.497 e. The second-order valence-corrected chi connectivity index (χ2v) is 12.1. The standard InChI is InChI=1S/C32H41N3O5S/c1-7-25(5)33-32(37)30(8-2)34(21-26-14-16-28(40-6)17-15-26)31(36)22-35(27-19-23(3)18-24(4)20-27)41(38,39)29-12-10-9-11-13-29/h9-20,25,30H,7-8,21-22H2,1-6H3,(H,33,37)/t25-,30-/m1/s1. The Kier molecular flexibility index (Phi) is 10.9. The lowest BCUT2D eigenvalue weighted by molar-refractivity contribution is -0.140. The molecule has 0 unspecified atom stereocenters. The molecule has 3 aromatic carbocycles. The van der Waals surface area contributed by atoms with E-state index in [1.165, 1.54) is 17.0 Å². The van der Waals surface area contributed by atoms with E-state index in [1.54, 1.807) is 49.6 Å². The van der Waals surface area contributed by atoms with Crippen molar-refractivity contribution in [1.82, 2.24) is 10.2 Å². The highest BCUT2D eigenvalue weighted by Crippen LogP contribution is 2.27. The van der Waals surface area contributed by atoms with E-state index in [4.69, 9.17) is 4.74 Å². The fraction of sp³-hybridized carbons (Fsp3) is 0.375. The third-order valence-electron chi connectivity index (χ3n) is 7.00. The van der Waals surface area contributed by atoms with Crippen molar-refractivity contribution in [2.24, 2.45) is 0 Å². The zero-order valence-electron chi connectivity index (χ0n) is 24.8. The van der Waals surface area contributed by atoms with Gasteiger partial charge in [0.15, 0.2) is 0 Å². The zero-order chi connectivity index (χ0) is 30.2. The van der Waals surface area contributed by atoms with Crippen molar-refractivity contribution in [3.8, 4) is 5.75 Å². The monoisotopic (exact) mass is 579 g/mol. The lowest BCUT2D eigenvalue weighted by Crippen LogP contribution is -2.53. The maximum atomic E-state index is 14.2. The van der Waals surface area contributed by atoms with Crippen LogP contribution < -0.4 is 14.4 Å². The van der Waals surface area contributed by atoms with Crippen molar-refractivity contribution in [2.75, 3.05) is 18.0 Å². The summed E-state index contributed by atoms with van der Waals surface area (Å²) in [6.07, 6.45) is 1.10. The first-order valence-corrected chi connectivity index (χ1v) is 15.3. The fourth-order valence-electron chi connectivity index (χ4n) is 4.63. The number of sulfonamides is 1. The van der Waals surface area contributed by atoms with E-state index < -0.39 is 28.5 Å². The van der Waals surface area contributed by atoms with Gasteiger partial charge in [0.1, 0.15) is 18.3 Å². The topological polar surface area (TPSA) is 96.0 Å². The molecule has 0 spiro atoms. The molecule has 220 valence electrons. The highest BCUT2D eigenvalue weighted by Gasteiger charge is 2.34. The maximum absolute atomic E-state index is 14.2. The number of nitrogens with one attached hydrogen (secondary N) is 1. The van der Waals surface area contributed by atoms with Crippen LogP contribution in [0.4, 0.5) is 5.69 Å². The average molecular weight is 580 g/mol.